The van der Waals surface area contributed by atoms with E-state index in [2.05, 4.69) is 17.6 Å². The zero-order chi connectivity index (χ0) is 13.7. The number of fused-ring (bicyclic) bond motifs is 1. The van der Waals surface area contributed by atoms with Crippen LogP contribution < -0.4 is 15.4 Å². The SMILES string of the molecule is CCCCNC(C)C(=O)c1ccc2c(c1)NCCO2. The van der Waals surface area contributed by atoms with Crippen molar-refractivity contribution < 1.29 is 9.53 Å². The van der Waals surface area contributed by atoms with Crippen LogP contribution in [0.25, 0.3) is 0 Å². The second-order valence-corrected chi connectivity index (χ2v) is 4.88. The molecule has 2 rings (SSSR count). The van der Waals surface area contributed by atoms with Gasteiger partial charge in [-0.05, 0) is 38.1 Å². The molecular formula is C15H22N2O2. The lowest BCUT2D eigenvalue weighted by molar-refractivity contribution is 0.0951. The molecule has 1 aliphatic heterocycles. The molecule has 0 bridgehead atoms. The van der Waals surface area contributed by atoms with Gasteiger partial charge in [0.05, 0.1) is 11.7 Å². The molecule has 0 saturated heterocycles. The van der Waals surface area contributed by atoms with Crippen molar-refractivity contribution in [1.29, 1.82) is 0 Å². The third-order valence-corrected chi connectivity index (χ3v) is 3.31. The summed E-state index contributed by atoms with van der Waals surface area (Å²) >= 11 is 0. The first-order chi connectivity index (χ1) is 9.22. The summed E-state index contributed by atoms with van der Waals surface area (Å²) in [6.45, 7) is 6.41. The number of hydrogen-bond acceptors (Lipinski definition) is 4. The highest BCUT2D eigenvalue weighted by atomic mass is 16.5. The van der Waals surface area contributed by atoms with Gasteiger partial charge in [-0.1, -0.05) is 13.3 Å². The number of nitrogens with one attached hydrogen (secondary N) is 2. The summed E-state index contributed by atoms with van der Waals surface area (Å²) < 4.78 is 5.51. The minimum Gasteiger partial charge on any atom is -0.490 e. The number of ketones is 1. The van der Waals surface area contributed by atoms with E-state index in [1.54, 1.807) is 0 Å². The average molecular weight is 262 g/mol. The maximum Gasteiger partial charge on any atom is 0.179 e. The molecule has 1 aromatic carbocycles. The predicted molar refractivity (Wildman–Crippen MR) is 77.1 cm³/mol. The molecule has 0 saturated carbocycles. The first kappa shape index (κ1) is 13.9. The molecule has 0 aliphatic carbocycles. The Morgan fingerprint density at radius 2 is 2.37 bits per heavy atom. The smallest absolute Gasteiger partial charge is 0.179 e. The number of hydrogen-bond donors (Lipinski definition) is 2. The van der Waals surface area contributed by atoms with Crippen LogP contribution in [0.5, 0.6) is 5.75 Å². The highest BCUT2D eigenvalue weighted by Crippen LogP contribution is 2.28. The Morgan fingerprint density at radius 3 is 3.16 bits per heavy atom. The Hall–Kier alpha value is -1.55. The summed E-state index contributed by atoms with van der Waals surface area (Å²) in [5.41, 5.74) is 1.64. The van der Waals surface area contributed by atoms with Gasteiger partial charge in [-0.2, -0.15) is 0 Å². The molecule has 0 spiro atoms. The molecule has 1 aromatic rings. The third kappa shape index (κ3) is 3.47. The van der Waals surface area contributed by atoms with Crippen molar-refractivity contribution in [2.45, 2.75) is 32.7 Å². The number of ether oxygens (including phenoxy) is 1. The highest BCUT2D eigenvalue weighted by molar-refractivity contribution is 6.01. The van der Waals surface area contributed by atoms with Crippen molar-refractivity contribution >= 4 is 11.5 Å². The first-order valence-electron chi connectivity index (χ1n) is 7.00. The van der Waals surface area contributed by atoms with Crippen LogP contribution in [-0.4, -0.2) is 31.5 Å². The van der Waals surface area contributed by atoms with Crippen LogP contribution in [0.1, 0.15) is 37.0 Å². The van der Waals surface area contributed by atoms with Crippen LogP contribution in [0.15, 0.2) is 18.2 Å². The van der Waals surface area contributed by atoms with Crippen LogP contribution in [0.3, 0.4) is 0 Å². The summed E-state index contributed by atoms with van der Waals surface area (Å²) in [6.07, 6.45) is 2.23. The van der Waals surface area contributed by atoms with Crippen molar-refractivity contribution in [3.05, 3.63) is 23.8 Å². The second-order valence-electron chi connectivity index (χ2n) is 4.88. The fourth-order valence-electron chi connectivity index (χ4n) is 2.13. The van der Waals surface area contributed by atoms with Crippen LogP contribution in [0.4, 0.5) is 5.69 Å². The largest absolute Gasteiger partial charge is 0.490 e. The highest BCUT2D eigenvalue weighted by Gasteiger charge is 2.17. The molecule has 0 aromatic heterocycles. The first-order valence-corrected chi connectivity index (χ1v) is 7.00. The summed E-state index contributed by atoms with van der Waals surface area (Å²) in [5, 5.41) is 6.51. The molecule has 4 nitrogen and oxygen atoms in total. The maximum atomic E-state index is 12.3. The number of carbonyl (C=O) groups excluding carboxylic acids is 1. The van der Waals surface area contributed by atoms with Gasteiger partial charge in [0.15, 0.2) is 5.78 Å². The molecule has 1 heterocycles. The Bertz CT molecular complexity index is 446. The van der Waals surface area contributed by atoms with E-state index in [4.69, 9.17) is 4.74 Å². The number of Topliss-reactive ketones (excluding diaryl/α,β-unsaturated/α-hetero) is 1. The molecule has 4 heteroatoms. The number of carbonyl (C=O) groups is 1. The van der Waals surface area contributed by atoms with E-state index in [9.17, 15) is 4.79 Å². The molecule has 19 heavy (non-hydrogen) atoms. The Labute approximate surface area is 114 Å². The quantitative estimate of drug-likeness (QED) is 0.611. The van der Waals surface area contributed by atoms with E-state index in [1.807, 2.05) is 25.1 Å². The van der Waals surface area contributed by atoms with Gasteiger partial charge >= 0.3 is 0 Å². The lowest BCUT2D eigenvalue weighted by atomic mass is 10.0. The normalized spacial score (nSPS) is 15.1. The van der Waals surface area contributed by atoms with Crippen LogP contribution >= 0.6 is 0 Å². The number of rotatable bonds is 6. The molecule has 0 fully saturated rings. The van der Waals surface area contributed by atoms with Gasteiger partial charge in [-0.3, -0.25) is 4.79 Å². The molecule has 1 atom stereocenters. The molecule has 1 unspecified atom stereocenters. The Kier molecular flexibility index (Phi) is 4.80. The lowest BCUT2D eigenvalue weighted by Crippen LogP contribution is -2.34. The van der Waals surface area contributed by atoms with Crippen molar-refractivity contribution in [3.63, 3.8) is 0 Å². The standard InChI is InChI=1S/C15H22N2O2/c1-3-4-7-16-11(2)15(18)12-5-6-14-13(10-12)17-8-9-19-14/h5-6,10-11,16-17H,3-4,7-9H2,1-2H3. The molecule has 2 N–H and O–H groups in total. The van der Waals surface area contributed by atoms with Crippen molar-refractivity contribution in [2.24, 2.45) is 0 Å². The van der Waals surface area contributed by atoms with E-state index in [0.29, 0.717) is 6.61 Å². The summed E-state index contributed by atoms with van der Waals surface area (Å²) in [7, 11) is 0. The summed E-state index contributed by atoms with van der Waals surface area (Å²) in [5.74, 6) is 0.959. The van der Waals surface area contributed by atoms with Crippen molar-refractivity contribution in [2.75, 3.05) is 25.0 Å². The fourth-order valence-corrected chi connectivity index (χ4v) is 2.13. The van der Waals surface area contributed by atoms with Gasteiger partial charge in [0, 0.05) is 12.1 Å². The monoisotopic (exact) mass is 262 g/mol. The van der Waals surface area contributed by atoms with Gasteiger partial charge in [0.2, 0.25) is 0 Å². The average Bonchev–Trinajstić information content (AvgIpc) is 2.46. The molecule has 0 radical (unpaired) electrons. The predicted octanol–water partition coefficient (Wildman–Crippen LogP) is 2.45. The van der Waals surface area contributed by atoms with Gasteiger partial charge < -0.3 is 15.4 Å². The molecule has 104 valence electrons. The summed E-state index contributed by atoms with van der Waals surface area (Å²) in [4.78, 5) is 12.3. The van der Waals surface area contributed by atoms with Crippen LogP contribution in [0, 0.1) is 0 Å². The van der Waals surface area contributed by atoms with Gasteiger partial charge in [-0.25, -0.2) is 0 Å². The van der Waals surface area contributed by atoms with Crippen molar-refractivity contribution in [3.8, 4) is 5.75 Å². The second kappa shape index (κ2) is 6.57. The fraction of sp³-hybridized carbons (Fsp3) is 0.533. The van der Waals surface area contributed by atoms with E-state index in [1.165, 1.54) is 0 Å². The zero-order valence-electron chi connectivity index (χ0n) is 11.7. The van der Waals surface area contributed by atoms with Crippen LogP contribution in [0.2, 0.25) is 0 Å². The molecule has 0 amide bonds. The topological polar surface area (TPSA) is 50.4 Å². The molecular weight excluding hydrogens is 240 g/mol. The number of unbranched alkanes of at least 4 members (excludes halogenated alkanes) is 1. The van der Waals surface area contributed by atoms with Crippen LogP contribution in [-0.2, 0) is 0 Å². The lowest BCUT2D eigenvalue weighted by Gasteiger charge is -2.20. The Balaban J connectivity index is 2.02. The molecule has 1 aliphatic rings. The van der Waals surface area contributed by atoms with Gasteiger partial charge in [0.1, 0.15) is 12.4 Å². The third-order valence-electron chi connectivity index (χ3n) is 3.31. The minimum absolute atomic E-state index is 0.131. The van der Waals surface area contributed by atoms with E-state index < -0.39 is 0 Å². The Morgan fingerprint density at radius 1 is 1.53 bits per heavy atom. The van der Waals surface area contributed by atoms with Crippen molar-refractivity contribution in [1.82, 2.24) is 5.32 Å². The maximum absolute atomic E-state index is 12.3. The number of anilines is 1. The minimum atomic E-state index is -0.144. The summed E-state index contributed by atoms with van der Waals surface area (Å²) in [6, 6.07) is 5.45. The van der Waals surface area contributed by atoms with Gasteiger partial charge in [0.25, 0.3) is 0 Å². The zero-order valence-corrected chi connectivity index (χ0v) is 11.7. The van der Waals surface area contributed by atoms with Gasteiger partial charge in [-0.15, -0.1) is 0 Å². The van der Waals surface area contributed by atoms with E-state index in [-0.39, 0.29) is 11.8 Å². The van der Waals surface area contributed by atoms with E-state index >= 15 is 0 Å². The van der Waals surface area contributed by atoms with E-state index in [0.717, 1.165) is 42.9 Å². The number of benzene rings is 1.